The summed E-state index contributed by atoms with van der Waals surface area (Å²) in [5, 5.41) is 0. The van der Waals surface area contributed by atoms with E-state index in [0.29, 0.717) is 6.10 Å². The van der Waals surface area contributed by atoms with Gasteiger partial charge in [0.25, 0.3) is 0 Å². The standard InChI is InChI=1S/C4H8O.BH3/c1-2-4-3-5-4;/h4H,2-3H2,1H3;1H3. The minimum absolute atomic E-state index is 0. The zero-order valence-corrected chi connectivity index (χ0v) is 3.40. The average molecular weight is 85.9 g/mol. The van der Waals surface area contributed by atoms with Gasteiger partial charge in [0, 0.05) is 0 Å². The maximum Gasteiger partial charge on any atom is 0.0814 e. The third-order valence-corrected chi connectivity index (χ3v) is 0.858. The maximum atomic E-state index is 4.86. The van der Waals surface area contributed by atoms with Crippen LogP contribution < -0.4 is 0 Å². The van der Waals surface area contributed by atoms with Crippen molar-refractivity contribution >= 4 is 8.41 Å². The quantitative estimate of drug-likeness (QED) is 0.312. The molecule has 1 unspecified atom stereocenters. The van der Waals surface area contributed by atoms with Crippen molar-refractivity contribution in [1.29, 1.82) is 0 Å². The van der Waals surface area contributed by atoms with E-state index in [9.17, 15) is 0 Å². The van der Waals surface area contributed by atoms with Crippen LogP contribution in [-0.4, -0.2) is 21.1 Å². The van der Waals surface area contributed by atoms with Crippen LogP contribution in [0.25, 0.3) is 0 Å². The van der Waals surface area contributed by atoms with Crippen LogP contribution in [0, 0.1) is 0 Å². The van der Waals surface area contributed by atoms with E-state index in [1.165, 1.54) is 6.42 Å². The van der Waals surface area contributed by atoms with Crippen molar-refractivity contribution in [3.8, 4) is 0 Å². The summed E-state index contributed by atoms with van der Waals surface area (Å²) in [7, 11) is 0. The Bertz CT molecular complexity index is 34.5. The molecule has 1 fully saturated rings. The van der Waals surface area contributed by atoms with Crippen molar-refractivity contribution in [3.05, 3.63) is 0 Å². The Morgan fingerprint density at radius 3 is 2.33 bits per heavy atom. The van der Waals surface area contributed by atoms with E-state index < -0.39 is 0 Å². The van der Waals surface area contributed by atoms with Crippen molar-refractivity contribution in [2.75, 3.05) is 6.61 Å². The van der Waals surface area contributed by atoms with Gasteiger partial charge in [-0.15, -0.1) is 0 Å². The molecule has 2 heteroatoms. The summed E-state index contributed by atoms with van der Waals surface area (Å²) in [6.45, 7) is 3.15. The lowest BCUT2D eigenvalue weighted by atomic mass is 10.4. The first kappa shape index (κ1) is 6.02. The number of ether oxygens (including phenoxy) is 1. The van der Waals surface area contributed by atoms with Crippen LogP contribution in [0.5, 0.6) is 0 Å². The molecule has 0 radical (unpaired) electrons. The van der Waals surface area contributed by atoms with E-state index in [-0.39, 0.29) is 8.41 Å². The van der Waals surface area contributed by atoms with Crippen molar-refractivity contribution in [3.63, 3.8) is 0 Å². The fourth-order valence-corrected chi connectivity index (χ4v) is 0.304. The lowest BCUT2D eigenvalue weighted by Crippen LogP contribution is -1.73. The second kappa shape index (κ2) is 2.24. The highest BCUT2D eigenvalue weighted by atomic mass is 16.6. The molecule has 0 saturated carbocycles. The fourth-order valence-electron chi connectivity index (χ4n) is 0.304. The van der Waals surface area contributed by atoms with E-state index in [2.05, 4.69) is 6.92 Å². The summed E-state index contributed by atoms with van der Waals surface area (Å²) in [4.78, 5) is 0. The molecule has 1 nitrogen and oxygen atoms in total. The van der Waals surface area contributed by atoms with Gasteiger partial charge in [-0.25, -0.2) is 0 Å². The molecule has 1 aliphatic heterocycles. The Hall–Kier alpha value is 0.0249. The predicted octanol–water partition coefficient (Wildman–Crippen LogP) is -0.389. The largest absolute Gasteiger partial charge is 0.373 e. The number of hydrogen-bond acceptors (Lipinski definition) is 1. The Balaban J connectivity index is 0.000000250. The minimum atomic E-state index is 0. The van der Waals surface area contributed by atoms with Crippen LogP contribution in [0.2, 0.25) is 0 Å². The van der Waals surface area contributed by atoms with Gasteiger partial charge in [0.1, 0.15) is 0 Å². The second-order valence-corrected chi connectivity index (χ2v) is 1.36. The van der Waals surface area contributed by atoms with Crippen molar-refractivity contribution < 1.29 is 4.74 Å². The molecule has 0 bridgehead atoms. The van der Waals surface area contributed by atoms with E-state index in [0.717, 1.165) is 6.61 Å². The Kier molecular flexibility index (Phi) is 2.25. The van der Waals surface area contributed by atoms with E-state index >= 15 is 0 Å². The SMILES string of the molecule is B.CCC1CO1. The van der Waals surface area contributed by atoms with E-state index in [1.807, 2.05) is 0 Å². The van der Waals surface area contributed by atoms with Gasteiger partial charge < -0.3 is 4.74 Å². The molecule has 0 N–H and O–H groups in total. The van der Waals surface area contributed by atoms with Crippen LogP contribution in [0.3, 0.4) is 0 Å². The maximum absolute atomic E-state index is 4.86. The normalized spacial score (nSPS) is 28.5. The highest BCUT2D eigenvalue weighted by molar-refractivity contribution is 5.75. The first-order chi connectivity index (χ1) is 2.43. The van der Waals surface area contributed by atoms with Crippen LogP contribution in [-0.2, 0) is 4.74 Å². The topological polar surface area (TPSA) is 12.5 Å². The summed E-state index contributed by atoms with van der Waals surface area (Å²) in [5.74, 6) is 0. The van der Waals surface area contributed by atoms with Gasteiger partial charge in [0.05, 0.1) is 21.1 Å². The zero-order chi connectivity index (χ0) is 3.70. The Morgan fingerprint density at radius 1 is 1.83 bits per heavy atom. The van der Waals surface area contributed by atoms with Gasteiger partial charge in [-0.05, 0) is 6.42 Å². The third-order valence-electron chi connectivity index (χ3n) is 0.858. The summed E-state index contributed by atoms with van der Waals surface area (Å²) < 4.78 is 4.86. The molecule has 6 heavy (non-hydrogen) atoms. The molecule has 0 aliphatic carbocycles. The van der Waals surface area contributed by atoms with Gasteiger partial charge in [-0.1, -0.05) is 6.92 Å². The molecule has 1 saturated heterocycles. The van der Waals surface area contributed by atoms with Crippen molar-refractivity contribution in [2.45, 2.75) is 19.4 Å². The molecule has 0 spiro atoms. The van der Waals surface area contributed by atoms with E-state index in [4.69, 9.17) is 4.74 Å². The monoisotopic (exact) mass is 86.1 g/mol. The highest BCUT2D eigenvalue weighted by Crippen LogP contribution is 2.10. The van der Waals surface area contributed by atoms with Crippen LogP contribution in [0.1, 0.15) is 13.3 Å². The first-order valence-electron chi connectivity index (χ1n) is 2.05. The summed E-state index contributed by atoms with van der Waals surface area (Å²) in [6, 6.07) is 0. The summed E-state index contributed by atoms with van der Waals surface area (Å²) in [5.41, 5.74) is 0. The molecule has 0 amide bonds. The molecular weight excluding hydrogens is 74.9 g/mol. The van der Waals surface area contributed by atoms with Crippen molar-refractivity contribution in [1.82, 2.24) is 0 Å². The van der Waals surface area contributed by atoms with Crippen LogP contribution in [0.15, 0.2) is 0 Å². The minimum Gasteiger partial charge on any atom is -0.373 e. The van der Waals surface area contributed by atoms with Crippen LogP contribution >= 0.6 is 0 Å². The Morgan fingerprint density at radius 2 is 2.33 bits per heavy atom. The number of rotatable bonds is 1. The van der Waals surface area contributed by atoms with Gasteiger partial charge in [0.2, 0.25) is 0 Å². The third kappa shape index (κ3) is 1.46. The smallest absolute Gasteiger partial charge is 0.0814 e. The molecule has 1 atom stereocenters. The second-order valence-electron chi connectivity index (χ2n) is 1.36. The highest BCUT2D eigenvalue weighted by Gasteiger charge is 2.18. The molecule has 1 rings (SSSR count). The summed E-state index contributed by atoms with van der Waals surface area (Å²) >= 11 is 0. The van der Waals surface area contributed by atoms with Gasteiger partial charge in [-0.3, -0.25) is 0 Å². The zero-order valence-electron chi connectivity index (χ0n) is 3.40. The molecule has 1 aliphatic rings. The van der Waals surface area contributed by atoms with Gasteiger partial charge >= 0.3 is 0 Å². The molecule has 0 aromatic carbocycles. The van der Waals surface area contributed by atoms with E-state index in [1.54, 1.807) is 0 Å². The fraction of sp³-hybridized carbons (Fsp3) is 1.00. The van der Waals surface area contributed by atoms with Gasteiger partial charge in [-0.2, -0.15) is 0 Å². The first-order valence-corrected chi connectivity index (χ1v) is 2.05. The Labute approximate surface area is 40.3 Å². The molecule has 0 aromatic heterocycles. The lowest BCUT2D eigenvalue weighted by molar-refractivity contribution is 0.403. The summed E-state index contributed by atoms with van der Waals surface area (Å²) in [6.07, 6.45) is 1.83. The lowest BCUT2D eigenvalue weighted by Gasteiger charge is -1.69. The van der Waals surface area contributed by atoms with Crippen molar-refractivity contribution in [2.24, 2.45) is 0 Å². The molecule has 0 aromatic rings. The average Bonchev–Trinajstić information content (AvgIpc) is 2.12. The molecule has 36 valence electrons. The molecule has 1 heterocycles. The van der Waals surface area contributed by atoms with Gasteiger partial charge in [0.15, 0.2) is 0 Å². The van der Waals surface area contributed by atoms with Crippen LogP contribution in [0.4, 0.5) is 0 Å². The predicted molar refractivity (Wildman–Crippen MR) is 30.0 cm³/mol. The number of epoxide rings is 1. The molecular formula is C4H11BO. The number of hydrogen-bond donors (Lipinski definition) is 0.